The molecule has 0 spiro atoms. The van der Waals surface area contributed by atoms with E-state index in [0.29, 0.717) is 32.1 Å². The van der Waals surface area contributed by atoms with Crippen molar-refractivity contribution in [3.8, 4) is 0 Å². The third-order valence-electron chi connectivity index (χ3n) is 2.44. The zero-order valence-corrected chi connectivity index (χ0v) is 9.98. The van der Waals surface area contributed by atoms with Gasteiger partial charge in [-0.15, -0.1) is 0 Å². The summed E-state index contributed by atoms with van der Waals surface area (Å²) in [6.07, 6.45) is 4.46. The number of Topliss-reactive ketones (excluding diaryl/α,β-unsaturated/α-hetero) is 1. The summed E-state index contributed by atoms with van der Waals surface area (Å²) in [5, 5.41) is 16.8. The maximum atomic E-state index is 11.3. The maximum Gasteiger partial charge on any atom is 0.303 e. The SMILES string of the molecule is O=C(O)CCCCCC(=O)CCCCC(=O)O. The highest BCUT2D eigenvalue weighted by molar-refractivity contribution is 5.78. The molecule has 0 saturated carbocycles. The number of hydrogen-bond acceptors (Lipinski definition) is 3. The molecule has 0 aromatic rings. The van der Waals surface area contributed by atoms with Gasteiger partial charge in [-0.3, -0.25) is 14.4 Å². The second-order valence-corrected chi connectivity index (χ2v) is 4.09. The summed E-state index contributed by atoms with van der Waals surface area (Å²) in [5.41, 5.74) is 0. The van der Waals surface area contributed by atoms with Crippen LogP contribution in [0.2, 0.25) is 0 Å². The van der Waals surface area contributed by atoms with Gasteiger partial charge in [-0.1, -0.05) is 6.42 Å². The average Bonchev–Trinajstić information content (AvgIpc) is 2.23. The number of carboxylic acid groups (broad SMARTS) is 2. The highest BCUT2D eigenvalue weighted by Crippen LogP contribution is 2.08. The molecule has 0 rings (SSSR count). The van der Waals surface area contributed by atoms with Crippen molar-refractivity contribution in [3.63, 3.8) is 0 Å². The number of hydrogen-bond donors (Lipinski definition) is 2. The molecular weight excluding hydrogens is 224 g/mol. The first-order chi connectivity index (χ1) is 8.02. The van der Waals surface area contributed by atoms with Crippen LogP contribution in [-0.2, 0) is 14.4 Å². The van der Waals surface area contributed by atoms with E-state index in [1.54, 1.807) is 0 Å². The molecule has 0 aromatic heterocycles. The van der Waals surface area contributed by atoms with Crippen molar-refractivity contribution in [2.45, 2.75) is 57.8 Å². The summed E-state index contributed by atoms with van der Waals surface area (Å²) in [6.45, 7) is 0. The quantitative estimate of drug-likeness (QED) is 0.544. The number of aliphatic carboxylic acids is 2. The van der Waals surface area contributed by atoms with E-state index in [2.05, 4.69) is 0 Å². The molecule has 0 bridgehead atoms. The fourth-order valence-corrected chi connectivity index (χ4v) is 1.50. The van der Waals surface area contributed by atoms with Gasteiger partial charge in [-0.2, -0.15) is 0 Å². The van der Waals surface area contributed by atoms with Crippen LogP contribution in [0.1, 0.15) is 57.8 Å². The van der Waals surface area contributed by atoms with E-state index in [1.807, 2.05) is 0 Å². The minimum atomic E-state index is -0.828. The molecule has 98 valence electrons. The first-order valence-electron chi connectivity index (χ1n) is 5.97. The van der Waals surface area contributed by atoms with Crippen molar-refractivity contribution in [3.05, 3.63) is 0 Å². The lowest BCUT2D eigenvalue weighted by Crippen LogP contribution is -2.00. The minimum Gasteiger partial charge on any atom is -0.481 e. The van der Waals surface area contributed by atoms with Gasteiger partial charge in [-0.25, -0.2) is 0 Å². The van der Waals surface area contributed by atoms with Crippen molar-refractivity contribution >= 4 is 17.7 Å². The fourth-order valence-electron chi connectivity index (χ4n) is 1.50. The number of rotatable bonds is 11. The lowest BCUT2D eigenvalue weighted by Gasteiger charge is -2.00. The summed E-state index contributed by atoms with van der Waals surface area (Å²) in [4.78, 5) is 31.7. The van der Waals surface area contributed by atoms with Gasteiger partial charge < -0.3 is 10.2 Å². The van der Waals surface area contributed by atoms with Gasteiger partial charge in [0.25, 0.3) is 0 Å². The molecular formula is C12H20O5. The maximum absolute atomic E-state index is 11.3. The molecule has 0 unspecified atom stereocenters. The Morgan fingerprint density at radius 2 is 0.941 bits per heavy atom. The highest BCUT2D eigenvalue weighted by Gasteiger charge is 2.04. The molecule has 0 aliphatic carbocycles. The van der Waals surface area contributed by atoms with Crippen LogP contribution in [-0.4, -0.2) is 27.9 Å². The molecule has 0 radical (unpaired) electrons. The Bertz CT molecular complexity index is 260. The molecule has 2 N–H and O–H groups in total. The summed E-state index contributed by atoms with van der Waals surface area (Å²) >= 11 is 0. The standard InChI is InChI=1S/C12H20O5/c13-10(7-4-5-9-12(16)17)6-2-1-3-8-11(14)15/h1-9H2,(H,14,15)(H,16,17). The first kappa shape index (κ1) is 15.6. The van der Waals surface area contributed by atoms with Crippen molar-refractivity contribution in [2.75, 3.05) is 0 Å². The normalized spacial score (nSPS) is 10.1. The van der Waals surface area contributed by atoms with Crippen LogP contribution in [0, 0.1) is 0 Å². The number of unbranched alkanes of at least 4 members (excludes halogenated alkanes) is 3. The Morgan fingerprint density at radius 1 is 0.588 bits per heavy atom. The second-order valence-electron chi connectivity index (χ2n) is 4.09. The van der Waals surface area contributed by atoms with E-state index in [1.165, 1.54) is 0 Å². The molecule has 5 nitrogen and oxygen atoms in total. The van der Waals surface area contributed by atoms with Crippen LogP contribution < -0.4 is 0 Å². The lowest BCUT2D eigenvalue weighted by atomic mass is 10.1. The Labute approximate surface area is 101 Å². The molecule has 0 aromatic carbocycles. The zero-order chi connectivity index (χ0) is 13.1. The average molecular weight is 244 g/mol. The number of carbonyl (C=O) groups excluding carboxylic acids is 1. The molecule has 0 aliphatic rings. The van der Waals surface area contributed by atoms with Gasteiger partial charge in [0, 0.05) is 25.7 Å². The predicted molar refractivity (Wildman–Crippen MR) is 61.8 cm³/mol. The van der Waals surface area contributed by atoms with Crippen molar-refractivity contribution in [2.24, 2.45) is 0 Å². The van der Waals surface area contributed by atoms with Gasteiger partial charge in [0.15, 0.2) is 0 Å². The molecule has 0 fully saturated rings. The molecule has 0 atom stereocenters. The van der Waals surface area contributed by atoms with Gasteiger partial charge in [-0.05, 0) is 25.7 Å². The Morgan fingerprint density at radius 3 is 1.41 bits per heavy atom. The van der Waals surface area contributed by atoms with E-state index >= 15 is 0 Å². The number of carboxylic acids is 2. The van der Waals surface area contributed by atoms with E-state index in [-0.39, 0.29) is 18.6 Å². The van der Waals surface area contributed by atoms with Crippen molar-refractivity contribution in [1.82, 2.24) is 0 Å². The van der Waals surface area contributed by atoms with E-state index < -0.39 is 11.9 Å². The lowest BCUT2D eigenvalue weighted by molar-refractivity contribution is -0.138. The summed E-state index contributed by atoms with van der Waals surface area (Å²) < 4.78 is 0. The highest BCUT2D eigenvalue weighted by atomic mass is 16.4. The summed E-state index contributed by atoms with van der Waals surface area (Å²) in [7, 11) is 0. The fraction of sp³-hybridized carbons (Fsp3) is 0.750. The van der Waals surface area contributed by atoms with Gasteiger partial charge >= 0.3 is 11.9 Å². The summed E-state index contributed by atoms with van der Waals surface area (Å²) in [6, 6.07) is 0. The smallest absolute Gasteiger partial charge is 0.303 e. The summed E-state index contributed by atoms with van der Waals surface area (Å²) in [5.74, 6) is -1.48. The van der Waals surface area contributed by atoms with Crippen LogP contribution in [0.25, 0.3) is 0 Å². The Balaban J connectivity index is 3.29. The van der Waals surface area contributed by atoms with Gasteiger partial charge in [0.2, 0.25) is 0 Å². The molecule has 0 saturated heterocycles. The largest absolute Gasteiger partial charge is 0.481 e. The van der Waals surface area contributed by atoms with Gasteiger partial charge in [0.05, 0.1) is 0 Å². The monoisotopic (exact) mass is 244 g/mol. The van der Waals surface area contributed by atoms with Crippen LogP contribution in [0.15, 0.2) is 0 Å². The van der Waals surface area contributed by atoms with E-state index in [4.69, 9.17) is 10.2 Å². The second kappa shape index (κ2) is 9.81. The van der Waals surface area contributed by atoms with Crippen molar-refractivity contribution < 1.29 is 24.6 Å². The van der Waals surface area contributed by atoms with Crippen molar-refractivity contribution in [1.29, 1.82) is 0 Å². The molecule has 17 heavy (non-hydrogen) atoms. The molecule has 0 heterocycles. The van der Waals surface area contributed by atoms with Gasteiger partial charge in [0.1, 0.15) is 5.78 Å². The van der Waals surface area contributed by atoms with Crippen LogP contribution in [0.3, 0.4) is 0 Å². The molecule has 5 heteroatoms. The Kier molecular flexibility index (Phi) is 9.01. The predicted octanol–water partition coefficient (Wildman–Crippen LogP) is 2.24. The third-order valence-corrected chi connectivity index (χ3v) is 2.44. The third kappa shape index (κ3) is 12.5. The number of ketones is 1. The minimum absolute atomic E-state index is 0.117. The number of carbonyl (C=O) groups is 3. The first-order valence-corrected chi connectivity index (χ1v) is 5.97. The molecule has 0 aliphatic heterocycles. The topological polar surface area (TPSA) is 91.7 Å². The Hall–Kier alpha value is -1.39. The van der Waals surface area contributed by atoms with E-state index in [9.17, 15) is 14.4 Å². The van der Waals surface area contributed by atoms with Crippen LogP contribution in [0.5, 0.6) is 0 Å². The molecule has 0 amide bonds. The van der Waals surface area contributed by atoms with E-state index in [0.717, 1.165) is 12.8 Å². The zero-order valence-electron chi connectivity index (χ0n) is 9.98. The van der Waals surface area contributed by atoms with Crippen LogP contribution in [0.4, 0.5) is 0 Å². The van der Waals surface area contributed by atoms with Crippen LogP contribution >= 0.6 is 0 Å².